The van der Waals surface area contributed by atoms with Gasteiger partial charge in [0.15, 0.2) is 11.0 Å². The van der Waals surface area contributed by atoms with Crippen molar-refractivity contribution in [3.8, 4) is 11.4 Å². The number of thioether (sulfide) groups is 1. The maximum Gasteiger partial charge on any atom is 0.233 e. The quantitative estimate of drug-likeness (QED) is 0.594. The van der Waals surface area contributed by atoms with E-state index in [1.165, 1.54) is 11.8 Å². The van der Waals surface area contributed by atoms with Crippen molar-refractivity contribution in [1.29, 1.82) is 0 Å². The molecule has 0 bridgehead atoms. The zero-order valence-corrected chi connectivity index (χ0v) is 16.6. The van der Waals surface area contributed by atoms with Crippen molar-refractivity contribution < 1.29 is 9.21 Å². The summed E-state index contributed by atoms with van der Waals surface area (Å²) in [6.07, 6.45) is 7.30. The minimum absolute atomic E-state index is 0.160. The van der Waals surface area contributed by atoms with Gasteiger partial charge in [-0.15, -0.1) is 10.2 Å². The maximum atomic E-state index is 12.6. The summed E-state index contributed by atoms with van der Waals surface area (Å²) in [6, 6.07) is 7.59. The molecule has 1 amide bonds. The first-order chi connectivity index (χ1) is 13.7. The van der Waals surface area contributed by atoms with Gasteiger partial charge in [0.1, 0.15) is 5.76 Å². The minimum Gasteiger partial charge on any atom is -0.467 e. The van der Waals surface area contributed by atoms with E-state index in [0.29, 0.717) is 29.2 Å². The van der Waals surface area contributed by atoms with Gasteiger partial charge in [-0.25, -0.2) is 0 Å². The van der Waals surface area contributed by atoms with Gasteiger partial charge in [-0.05, 0) is 43.0 Å². The molecule has 0 saturated carbocycles. The summed E-state index contributed by atoms with van der Waals surface area (Å²) in [5.41, 5.74) is 0.879. The Morgan fingerprint density at radius 3 is 2.82 bits per heavy atom. The van der Waals surface area contributed by atoms with E-state index in [9.17, 15) is 4.79 Å². The van der Waals surface area contributed by atoms with Gasteiger partial charge in [0, 0.05) is 31.0 Å². The van der Waals surface area contributed by atoms with Crippen LogP contribution in [0.25, 0.3) is 11.4 Å². The van der Waals surface area contributed by atoms with Crippen molar-refractivity contribution >= 4 is 17.7 Å². The number of piperidine rings is 1. The molecule has 0 atom stereocenters. The fourth-order valence-corrected chi connectivity index (χ4v) is 4.12. The minimum atomic E-state index is 0.160. The van der Waals surface area contributed by atoms with Gasteiger partial charge in [-0.2, -0.15) is 0 Å². The smallest absolute Gasteiger partial charge is 0.233 e. The van der Waals surface area contributed by atoms with Gasteiger partial charge >= 0.3 is 0 Å². The molecule has 8 heteroatoms. The lowest BCUT2D eigenvalue weighted by atomic mass is 9.99. The fraction of sp³-hybridized carbons (Fsp3) is 0.400. The van der Waals surface area contributed by atoms with Crippen LogP contribution in [-0.4, -0.2) is 49.4 Å². The second kappa shape index (κ2) is 8.60. The SMILES string of the molecule is CC1CCN(C(=O)CSc2nnc(-c3cccnc3)n2Cc2ccco2)CC1. The van der Waals surface area contributed by atoms with Gasteiger partial charge in [0.2, 0.25) is 5.91 Å². The Labute approximate surface area is 168 Å². The van der Waals surface area contributed by atoms with Crippen molar-refractivity contribution in [2.45, 2.75) is 31.5 Å². The molecule has 4 heterocycles. The standard InChI is InChI=1S/C20H23N5O2S/c1-15-6-9-24(10-7-15)18(26)14-28-20-23-22-19(16-4-2-8-21-12-16)25(20)13-17-5-3-11-27-17/h2-5,8,11-12,15H,6-7,9-10,13-14H2,1H3. The molecule has 1 aliphatic rings. The lowest BCUT2D eigenvalue weighted by Gasteiger charge is -2.30. The summed E-state index contributed by atoms with van der Waals surface area (Å²) in [7, 11) is 0. The molecule has 3 aromatic heterocycles. The van der Waals surface area contributed by atoms with E-state index in [4.69, 9.17) is 4.42 Å². The summed E-state index contributed by atoms with van der Waals surface area (Å²) >= 11 is 1.42. The first-order valence-corrected chi connectivity index (χ1v) is 10.5. The highest BCUT2D eigenvalue weighted by Gasteiger charge is 2.22. The van der Waals surface area contributed by atoms with Crippen LogP contribution in [-0.2, 0) is 11.3 Å². The number of amides is 1. The average molecular weight is 398 g/mol. The Balaban J connectivity index is 1.51. The summed E-state index contributed by atoms with van der Waals surface area (Å²) in [5, 5.41) is 9.39. The number of carbonyl (C=O) groups is 1. The lowest BCUT2D eigenvalue weighted by molar-refractivity contribution is -0.129. The van der Waals surface area contributed by atoms with E-state index in [2.05, 4.69) is 22.1 Å². The maximum absolute atomic E-state index is 12.6. The van der Waals surface area contributed by atoms with Crippen LogP contribution in [0, 0.1) is 5.92 Å². The van der Waals surface area contributed by atoms with E-state index in [0.717, 1.165) is 37.3 Å². The number of carbonyl (C=O) groups excluding carboxylic acids is 1. The number of nitrogens with zero attached hydrogens (tertiary/aromatic N) is 5. The highest BCUT2D eigenvalue weighted by atomic mass is 32.2. The van der Waals surface area contributed by atoms with E-state index in [1.807, 2.05) is 33.7 Å². The van der Waals surface area contributed by atoms with Gasteiger partial charge in [-0.1, -0.05) is 18.7 Å². The third kappa shape index (κ3) is 4.27. The first kappa shape index (κ1) is 18.7. The Morgan fingerprint density at radius 1 is 1.25 bits per heavy atom. The summed E-state index contributed by atoms with van der Waals surface area (Å²) in [4.78, 5) is 18.7. The second-order valence-corrected chi connectivity index (χ2v) is 8.01. The Bertz CT molecular complexity index is 902. The van der Waals surface area contributed by atoms with Crippen LogP contribution in [0.5, 0.6) is 0 Å². The van der Waals surface area contributed by atoms with E-state index < -0.39 is 0 Å². The monoisotopic (exact) mass is 397 g/mol. The van der Waals surface area contributed by atoms with Gasteiger partial charge in [-0.3, -0.25) is 14.3 Å². The summed E-state index contributed by atoms with van der Waals surface area (Å²) in [5.74, 6) is 2.74. The molecule has 0 aromatic carbocycles. The van der Waals surface area contributed by atoms with Crippen molar-refractivity contribution in [1.82, 2.24) is 24.6 Å². The number of pyridine rings is 1. The summed E-state index contributed by atoms with van der Waals surface area (Å²) in [6.45, 7) is 4.44. The molecule has 0 unspecified atom stereocenters. The molecule has 28 heavy (non-hydrogen) atoms. The third-order valence-electron chi connectivity index (χ3n) is 4.99. The van der Waals surface area contributed by atoms with E-state index in [-0.39, 0.29) is 5.91 Å². The number of likely N-dealkylation sites (tertiary alicyclic amines) is 1. The van der Waals surface area contributed by atoms with Crippen LogP contribution in [0.2, 0.25) is 0 Å². The highest BCUT2D eigenvalue weighted by molar-refractivity contribution is 7.99. The zero-order valence-electron chi connectivity index (χ0n) is 15.8. The van der Waals surface area contributed by atoms with Gasteiger partial charge in [0.25, 0.3) is 0 Å². The van der Waals surface area contributed by atoms with Crippen LogP contribution < -0.4 is 0 Å². The first-order valence-electron chi connectivity index (χ1n) is 9.47. The normalized spacial score (nSPS) is 15.1. The molecule has 1 aliphatic heterocycles. The van der Waals surface area contributed by atoms with E-state index in [1.54, 1.807) is 18.7 Å². The number of aromatic nitrogens is 4. The average Bonchev–Trinajstić information content (AvgIpc) is 3.38. The van der Waals surface area contributed by atoms with Crippen LogP contribution in [0.15, 0.2) is 52.5 Å². The second-order valence-electron chi connectivity index (χ2n) is 7.07. The van der Waals surface area contributed by atoms with E-state index >= 15 is 0 Å². The predicted octanol–water partition coefficient (Wildman–Crippen LogP) is 3.33. The number of hydrogen-bond donors (Lipinski definition) is 0. The molecule has 3 aromatic rings. The molecule has 1 fully saturated rings. The van der Waals surface area contributed by atoms with Crippen LogP contribution in [0.1, 0.15) is 25.5 Å². The van der Waals surface area contributed by atoms with Crippen molar-refractivity contribution in [2.75, 3.05) is 18.8 Å². The van der Waals surface area contributed by atoms with Crippen molar-refractivity contribution in [2.24, 2.45) is 5.92 Å². The Morgan fingerprint density at radius 2 is 2.11 bits per heavy atom. The highest BCUT2D eigenvalue weighted by Crippen LogP contribution is 2.26. The zero-order chi connectivity index (χ0) is 19.3. The molecule has 146 valence electrons. The van der Waals surface area contributed by atoms with Crippen LogP contribution >= 0.6 is 11.8 Å². The topological polar surface area (TPSA) is 77.1 Å². The molecule has 0 radical (unpaired) electrons. The Hall–Kier alpha value is -2.61. The molecular weight excluding hydrogens is 374 g/mol. The number of rotatable bonds is 6. The number of hydrogen-bond acceptors (Lipinski definition) is 6. The fourth-order valence-electron chi connectivity index (χ4n) is 3.28. The van der Waals surface area contributed by atoms with Crippen molar-refractivity contribution in [3.63, 3.8) is 0 Å². The summed E-state index contributed by atoms with van der Waals surface area (Å²) < 4.78 is 7.49. The molecule has 0 N–H and O–H groups in total. The molecule has 0 aliphatic carbocycles. The molecule has 0 spiro atoms. The molecule has 1 saturated heterocycles. The predicted molar refractivity (Wildman–Crippen MR) is 107 cm³/mol. The molecule has 4 rings (SSSR count). The number of furan rings is 1. The van der Waals surface area contributed by atoms with Gasteiger partial charge < -0.3 is 9.32 Å². The Kier molecular flexibility index (Phi) is 5.76. The van der Waals surface area contributed by atoms with Gasteiger partial charge in [0.05, 0.1) is 18.6 Å². The lowest BCUT2D eigenvalue weighted by Crippen LogP contribution is -2.38. The molecule has 7 nitrogen and oxygen atoms in total. The van der Waals surface area contributed by atoms with Crippen LogP contribution in [0.3, 0.4) is 0 Å². The third-order valence-corrected chi connectivity index (χ3v) is 5.94. The van der Waals surface area contributed by atoms with Crippen molar-refractivity contribution in [3.05, 3.63) is 48.7 Å². The van der Waals surface area contributed by atoms with Crippen LogP contribution in [0.4, 0.5) is 0 Å². The largest absolute Gasteiger partial charge is 0.467 e. The molecular formula is C20H23N5O2S.